The number of benzene rings is 1. The molecule has 2 atom stereocenters. The Morgan fingerprint density at radius 3 is 2.82 bits per heavy atom. The zero-order valence-corrected chi connectivity index (χ0v) is 11.8. The summed E-state index contributed by atoms with van der Waals surface area (Å²) in [5.74, 6) is 2.48. The van der Waals surface area contributed by atoms with Crippen LogP contribution in [-0.2, 0) is 4.74 Å². The highest BCUT2D eigenvalue weighted by molar-refractivity contribution is 7.99. The lowest BCUT2D eigenvalue weighted by Crippen LogP contribution is -2.16. The largest absolute Gasteiger partial charge is 0.378 e. The maximum atomic E-state index is 5.98. The van der Waals surface area contributed by atoms with Crippen molar-refractivity contribution >= 4 is 11.8 Å². The number of thioether (sulfide) groups is 1. The minimum Gasteiger partial charge on any atom is -0.378 e. The second-order valence-electron chi connectivity index (χ2n) is 5.32. The summed E-state index contributed by atoms with van der Waals surface area (Å²) in [6.45, 7) is 7.56. The van der Waals surface area contributed by atoms with Gasteiger partial charge in [0.05, 0.1) is 12.7 Å². The summed E-state index contributed by atoms with van der Waals surface area (Å²) in [4.78, 5) is 1.44. The van der Waals surface area contributed by atoms with Crippen molar-refractivity contribution in [2.24, 2.45) is 5.92 Å². The summed E-state index contributed by atoms with van der Waals surface area (Å²) in [7, 11) is 0. The smallest absolute Gasteiger partial charge is 0.0549 e. The highest BCUT2D eigenvalue weighted by atomic mass is 32.2. The van der Waals surface area contributed by atoms with E-state index in [-0.39, 0.29) is 0 Å². The van der Waals surface area contributed by atoms with Crippen molar-refractivity contribution in [3.8, 4) is 0 Å². The molecule has 1 aromatic carbocycles. The molecule has 94 valence electrons. The second kappa shape index (κ2) is 5.92. The fourth-order valence-electron chi connectivity index (χ4n) is 2.38. The fraction of sp³-hybridized carbons (Fsp3) is 0.600. The van der Waals surface area contributed by atoms with Gasteiger partial charge in [-0.1, -0.05) is 32.0 Å². The molecule has 0 aliphatic carbocycles. The van der Waals surface area contributed by atoms with Gasteiger partial charge in [-0.2, -0.15) is 0 Å². The van der Waals surface area contributed by atoms with Gasteiger partial charge in [0.25, 0.3) is 0 Å². The van der Waals surface area contributed by atoms with E-state index in [9.17, 15) is 0 Å². The second-order valence-corrected chi connectivity index (χ2v) is 6.38. The van der Waals surface area contributed by atoms with E-state index in [1.54, 1.807) is 0 Å². The molecule has 2 rings (SSSR count). The Kier molecular flexibility index (Phi) is 4.52. The molecule has 0 bridgehead atoms. The van der Waals surface area contributed by atoms with Gasteiger partial charge in [-0.25, -0.2) is 0 Å². The van der Waals surface area contributed by atoms with Crippen molar-refractivity contribution < 1.29 is 4.74 Å². The van der Waals surface area contributed by atoms with Crippen LogP contribution in [0.3, 0.4) is 0 Å². The van der Waals surface area contributed by atoms with Crippen LogP contribution < -0.4 is 0 Å². The quantitative estimate of drug-likeness (QED) is 0.769. The van der Waals surface area contributed by atoms with Crippen LogP contribution in [0.15, 0.2) is 29.2 Å². The lowest BCUT2D eigenvalue weighted by Gasteiger charge is -2.18. The van der Waals surface area contributed by atoms with E-state index in [2.05, 4.69) is 45.0 Å². The molecule has 2 heteroatoms. The molecule has 1 nitrogen and oxygen atoms in total. The van der Waals surface area contributed by atoms with Gasteiger partial charge in [-0.05, 0) is 30.9 Å². The molecule has 1 aromatic rings. The third-order valence-corrected chi connectivity index (χ3v) is 4.44. The van der Waals surface area contributed by atoms with Crippen LogP contribution in [0.1, 0.15) is 38.7 Å². The van der Waals surface area contributed by atoms with Gasteiger partial charge in [-0.3, -0.25) is 0 Å². The first kappa shape index (κ1) is 13.0. The third-order valence-electron chi connectivity index (χ3n) is 3.18. The Bertz CT molecular complexity index is 362. The topological polar surface area (TPSA) is 9.23 Å². The van der Waals surface area contributed by atoms with Gasteiger partial charge in [0.15, 0.2) is 0 Å². The molecule has 0 radical (unpaired) electrons. The standard InChI is InChI=1S/C15H22OS/c1-11(2)8-12(3)16-9-13-10-17-15-7-5-4-6-14(13)15/h4-7,11-13H,8-10H2,1-3H3. The average Bonchev–Trinajstić information content (AvgIpc) is 2.69. The molecule has 0 aromatic heterocycles. The SMILES string of the molecule is CC(C)CC(C)OCC1CSc2ccccc21. The van der Waals surface area contributed by atoms with Crippen LogP contribution in [0, 0.1) is 5.92 Å². The van der Waals surface area contributed by atoms with Crippen LogP contribution in [0.2, 0.25) is 0 Å². The highest BCUT2D eigenvalue weighted by Crippen LogP contribution is 2.39. The minimum absolute atomic E-state index is 0.382. The van der Waals surface area contributed by atoms with Gasteiger partial charge in [0, 0.05) is 16.6 Å². The minimum atomic E-state index is 0.382. The van der Waals surface area contributed by atoms with E-state index in [0.29, 0.717) is 12.0 Å². The summed E-state index contributed by atoms with van der Waals surface area (Å²) in [6.07, 6.45) is 1.54. The van der Waals surface area contributed by atoms with Gasteiger partial charge in [-0.15, -0.1) is 11.8 Å². The molecule has 17 heavy (non-hydrogen) atoms. The van der Waals surface area contributed by atoms with Crippen LogP contribution in [-0.4, -0.2) is 18.5 Å². The molecule has 2 unspecified atom stereocenters. The van der Waals surface area contributed by atoms with Crippen LogP contribution in [0.5, 0.6) is 0 Å². The summed E-state index contributed by atoms with van der Waals surface area (Å²) in [5, 5.41) is 0. The first-order valence-electron chi connectivity index (χ1n) is 6.50. The average molecular weight is 250 g/mol. The summed E-state index contributed by atoms with van der Waals surface area (Å²) < 4.78 is 5.98. The van der Waals surface area contributed by atoms with E-state index in [0.717, 1.165) is 18.9 Å². The molecule has 1 heterocycles. The lowest BCUT2D eigenvalue weighted by molar-refractivity contribution is 0.0454. The molecular weight excluding hydrogens is 228 g/mol. The number of hydrogen-bond acceptors (Lipinski definition) is 2. The Labute approximate surface area is 109 Å². The predicted octanol–water partition coefficient (Wildman–Crippen LogP) is 4.33. The normalized spacial score (nSPS) is 20.6. The number of rotatable bonds is 5. The first-order valence-corrected chi connectivity index (χ1v) is 7.48. The van der Waals surface area contributed by atoms with Crippen LogP contribution >= 0.6 is 11.8 Å². The first-order chi connectivity index (χ1) is 8.16. The highest BCUT2D eigenvalue weighted by Gasteiger charge is 2.23. The third kappa shape index (κ3) is 3.49. The zero-order valence-electron chi connectivity index (χ0n) is 11.0. The predicted molar refractivity (Wildman–Crippen MR) is 74.8 cm³/mol. The van der Waals surface area contributed by atoms with Gasteiger partial charge >= 0.3 is 0 Å². The van der Waals surface area contributed by atoms with Crippen molar-refractivity contribution in [2.45, 2.75) is 44.1 Å². The number of fused-ring (bicyclic) bond motifs is 1. The zero-order chi connectivity index (χ0) is 12.3. The van der Waals surface area contributed by atoms with Crippen molar-refractivity contribution in [1.29, 1.82) is 0 Å². The number of ether oxygens (including phenoxy) is 1. The van der Waals surface area contributed by atoms with Gasteiger partial charge < -0.3 is 4.74 Å². The van der Waals surface area contributed by atoms with E-state index in [4.69, 9.17) is 4.74 Å². The maximum absolute atomic E-state index is 5.98. The van der Waals surface area contributed by atoms with Crippen molar-refractivity contribution in [3.63, 3.8) is 0 Å². The van der Waals surface area contributed by atoms with Crippen molar-refractivity contribution in [1.82, 2.24) is 0 Å². The molecule has 0 saturated carbocycles. The fourth-order valence-corrected chi connectivity index (χ4v) is 3.61. The molecule has 0 fully saturated rings. The van der Waals surface area contributed by atoms with Gasteiger partial charge in [0.1, 0.15) is 0 Å². The van der Waals surface area contributed by atoms with E-state index in [1.165, 1.54) is 16.2 Å². The molecule has 1 aliphatic rings. The van der Waals surface area contributed by atoms with E-state index in [1.807, 2.05) is 11.8 Å². The molecule has 0 spiro atoms. The maximum Gasteiger partial charge on any atom is 0.0549 e. The van der Waals surface area contributed by atoms with E-state index >= 15 is 0 Å². The van der Waals surface area contributed by atoms with Crippen LogP contribution in [0.25, 0.3) is 0 Å². The Balaban J connectivity index is 1.85. The molecule has 1 aliphatic heterocycles. The lowest BCUT2D eigenvalue weighted by atomic mass is 10.0. The molecule has 0 N–H and O–H groups in total. The number of hydrogen-bond donors (Lipinski definition) is 0. The molecule has 0 amide bonds. The molecular formula is C15H22OS. The Hall–Kier alpha value is -0.470. The van der Waals surface area contributed by atoms with Crippen molar-refractivity contribution in [3.05, 3.63) is 29.8 Å². The summed E-state index contributed by atoms with van der Waals surface area (Å²) in [6, 6.07) is 8.72. The van der Waals surface area contributed by atoms with E-state index < -0.39 is 0 Å². The Morgan fingerprint density at radius 2 is 2.06 bits per heavy atom. The van der Waals surface area contributed by atoms with Gasteiger partial charge in [0.2, 0.25) is 0 Å². The molecule has 0 saturated heterocycles. The summed E-state index contributed by atoms with van der Waals surface area (Å²) >= 11 is 1.96. The van der Waals surface area contributed by atoms with Crippen molar-refractivity contribution in [2.75, 3.05) is 12.4 Å². The Morgan fingerprint density at radius 1 is 1.29 bits per heavy atom. The monoisotopic (exact) mass is 250 g/mol. The van der Waals surface area contributed by atoms with Crippen LogP contribution in [0.4, 0.5) is 0 Å². The summed E-state index contributed by atoms with van der Waals surface area (Å²) in [5.41, 5.74) is 1.48.